The molecule has 0 saturated carbocycles. The highest BCUT2D eigenvalue weighted by Gasteiger charge is 2.29. The number of pyridine rings is 2. The number of nitriles is 1. The molecule has 0 unspecified atom stereocenters. The zero-order valence-corrected chi connectivity index (χ0v) is 33.8. The predicted molar refractivity (Wildman–Crippen MR) is 248 cm³/mol. The third-order valence-electron chi connectivity index (χ3n) is 11.7. The maximum absolute atomic E-state index is 15.1. The van der Waals surface area contributed by atoms with Crippen molar-refractivity contribution in [3.63, 3.8) is 0 Å². The average molecular weight is 787 g/mol. The van der Waals surface area contributed by atoms with Crippen molar-refractivity contribution in [2.24, 2.45) is 0 Å². The molecule has 6 heteroatoms. The van der Waals surface area contributed by atoms with Crippen molar-refractivity contribution in [1.82, 2.24) is 9.97 Å². The third kappa shape index (κ3) is 5.87. The standard InChI is InChI=1S/C54H35N4OP/c1-34-49-45-16-10-11-17-47(45)57-53(38-20-18-36(33-55)19-21-38)51(49)35(2)50-46-31-26-40(32-48(46)58-54(52(34)50)39-22-27-41(56-3)28-23-39)37-24-29-44(30-25-37)60(59,42-12-6-4-7-13-42)43-14-8-5-9-15-43/h4-32H,1-2H3. The Kier molecular flexibility index (Phi) is 8.92. The van der Waals surface area contributed by atoms with Crippen LogP contribution < -0.4 is 15.9 Å². The minimum atomic E-state index is -3.13. The Morgan fingerprint density at radius 1 is 0.500 bits per heavy atom. The molecule has 0 fully saturated rings. The van der Waals surface area contributed by atoms with Gasteiger partial charge in [-0.15, -0.1) is 0 Å². The summed E-state index contributed by atoms with van der Waals surface area (Å²) in [5.41, 5.74) is 10.6. The lowest BCUT2D eigenvalue weighted by molar-refractivity contribution is 0.592. The smallest absolute Gasteiger partial charge is 0.187 e. The maximum atomic E-state index is 15.1. The predicted octanol–water partition coefficient (Wildman–Crippen LogP) is 12.8. The van der Waals surface area contributed by atoms with Crippen molar-refractivity contribution < 1.29 is 4.57 Å². The average Bonchev–Trinajstić information content (AvgIpc) is 3.32. The largest absolute Gasteiger partial charge is 0.309 e. The van der Waals surface area contributed by atoms with Crippen LogP contribution in [0.3, 0.4) is 0 Å². The van der Waals surface area contributed by atoms with Gasteiger partial charge in [-0.2, -0.15) is 5.26 Å². The van der Waals surface area contributed by atoms with Crippen molar-refractivity contribution in [3.05, 3.63) is 204 Å². The van der Waals surface area contributed by atoms with E-state index in [1.165, 1.54) is 0 Å². The zero-order chi connectivity index (χ0) is 41.0. The molecule has 0 aliphatic rings. The van der Waals surface area contributed by atoms with Gasteiger partial charge in [0.05, 0.1) is 40.6 Å². The summed E-state index contributed by atoms with van der Waals surface area (Å²) in [6.45, 7) is 12.0. The van der Waals surface area contributed by atoms with Crippen LogP contribution in [-0.4, -0.2) is 9.97 Å². The number of para-hydroxylation sites is 1. The van der Waals surface area contributed by atoms with Gasteiger partial charge in [0.2, 0.25) is 0 Å². The van der Waals surface area contributed by atoms with Crippen LogP contribution in [0.4, 0.5) is 5.69 Å². The molecule has 0 bridgehead atoms. The number of fused-ring (bicyclic) bond motifs is 6. The number of rotatable bonds is 6. The second kappa shape index (κ2) is 14.6. The normalized spacial score (nSPS) is 11.5. The van der Waals surface area contributed by atoms with E-state index in [0.29, 0.717) is 11.3 Å². The second-order valence-corrected chi connectivity index (χ2v) is 17.9. The number of aryl methyl sites for hydroxylation is 2. The van der Waals surface area contributed by atoms with Crippen molar-refractivity contribution in [1.29, 1.82) is 5.26 Å². The van der Waals surface area contributed by atoms with Gasteiger partial charge in [-0.05, 0) is 76.7 Å². The Morgan fingerprint density at radius 3 is 1.53 bits per heavy atom. The van der Waals surface area contributed by atoms with E-state index in [4.69, 9.17) is 16.5 Å². The Hall–Kier alpha value is -7.69. The van der Waals surface area contributed by atoms with Crippen LogP contribution in [0.1, 0.15) is 16.7 Å². The summed E-state index contributed by atoms with van der Waals surface area (Å²) in [7, 11) is -3.13. The first kappa shape index (κ1) is 36.6. The second-order valence-electron chi connectivity index (χ2n) is 15.1. The van der Waals surface area contributed by atoms with Crippen molar-refractivity contribution in [3.8, 4) is 39.7 Å². The van der Waals surface area contributed by atoms with E-state index in [1.807, 2.05) is 127 Å². The molecule has 0 spiro atoms. The Labute approximate surface area is 348 Å². The minimum absolute atomic E-state index is 0.570. The lowest BCUT2D eigenvalue weighted by Crippen LogP contribution is -2.24. The quantitative estimate of drug-likeness (QED) is 0.0728. The third-order valence-corrected chi connectivity index (χ3v) is 14.8. The molecule has 10 rings (SSSR count). The fraction of sp³-hybridized carbons (Fsp3) is 0.0370. The van der Waals surface area contributed by atoms with Crippen LogP contribution in [0.5, 0.6) is 0 Å². The van der Waals surface area contributed by atoms with E-state index < -0.39 is 7.14 Å². The molecule has 282 valence electrons. The molecule has 0 radical (unpaired) electrons. The molecule has 0 N–H and O–H groups in total. The summed E-state index contributed by atoms with van der Waals surface area (Å²) < 4.78 is 15.1. The van der Waals surface area contributed by atoms with Crippen molar-refractivity contribution in [2.45, 2.75) is 13.8 Å². The lowest BCUT2D eigenvalue weighted by atomic mass is 9.85. The number of aromatic nitrogens is 2. The van der Waals surface area contributed by atoms with Gasteiger partial charge in [0.25, 0.3) is 0 Å². The SMILES string of the molecule is [C-]#[N+]c1ccc(-c2nc3cc(-c4ccc(P(=O)(c5ccccc5)c5ccccc5)cc4)ccc3c3c(C)c4c(-c5ccc(C#N)cc5)nc5ccccc5c4c(C)c23)cc1. The molecule has 2 aromatic heterocycles. The molecule has 8 aromatic carbocycles. The number of hydrogen-bond acceptors (Lipinski definition) is 4. The van der Waals surface area contributed by atoms with Crippen LogP contribution >= 0.6 is 7.14 Å². The molecule has 0 amide bonds. The van der Waals surface area contributed by atoms with Crippen LogP contribution in [0.15, 0.2) is 176 Å². The van der Waals surface area contributed by atoms with Gasteiger partial charge in [0.1, 0.15) is 0 Å². The Morgan fingerprint density at radius 2 is 0.967 bits per heavy atom. The van der Waals surface area contributed by atoms with Crippen molar-refractivity contribution in [2.75, 3.05) is 0 Å². The Bertz CT molecular complexity index is 3420. The van der Waals surface area contributed by atoms with Crippen molar-refractivity contribution >= 4 is 72.1 Å². The minimum Gasteiger partial charge on any atom is -0.309 e. The highest BCUT2D eigenvalue weighted by molar-refractivity contribution is 7.85. The highest BCUT2D eigenvalue weighted by atomic mass is 31.2. The van der Waals surface area contributed by atoms with E-state index in [1.54, 1.807) is 0 Å². The zero-order valence-electron chi connectivity index (χ0n) is 32.9. The fourth-order valence-corrected chi connectivity index (χ4v) is 11.5. The molecule has 0 saturated heterocycles. The van der Waals surface area contributed by atoms with Crippen LogP contribution in [0, 0.1) is 31.8 Å². The van der Waals surface area contributed by atoms with Gasteiger partial charge in [-0.1, -0.05) is 152 Å². The maximum Gasteiger partial charge on any atom is 0.187 e. The first-order valence-corrected chi connectivity index (χ1v) is 21.5. The van der Waals surface area contributed by atoms with Gasteiger partial charge in [-0.25, -0.2) is 14.8 Å². The summed E-state index contributed by atoms with van der Waals surface area (Å²) in [6.07, 6.45) is 0. The molecule has 0 aliphatic heterocycles. The molecule has 60 heavy (non-hydrogen) atoms. The van der Waals surface area contributed by atoms with Crippen LogP contribution in [-0.2, 0) is 4.57 Å². The first-order chi connectivity index (χ1) is 29.4. The molecule has 0 aliphatic carbocycles. The van der Waals surface area contributed by atoms with E-state index in [2.05, 4.69) is 73.3 Å². The first-order valence-electron chi connectivity index (χ1n) is 19.8. The summed E-state index contributed by atoms with van der Waals surface area (Å²) in [5.74, 6) is 0. The summed E-state index contributed by atoms with van der Waals surface area (Å²) in [5, 5.41) is 18.4. The monoisotopic (exact) mass is 786 g/mol. The number of nitrogens with zero attached hydrogens (tertiary/aromatic N) is 4. The van der Waals surface area contributed by atoms with Crippen LogP contribution in [0.2, 0.25) is 0 Å². The molecule has 0 atom stereocenters. The Balaban J connectivity index is 1.22. The lowest BCUT2D eigenvalue weighted by Gasteiger charge is -2.21. The fourth-order valence-electron chi connectivity index (χ4n) is 8.82. The number of hydrogen-bond donors (Lipinski definition) is 0. The van der Waals surface area contributed by atoms with Crippen LogP contribution in [0.25, 0.3) is 81.8 Å². The van der Waals surface area contributed by atoms with Gasteiger partial charge in [-0.3, -0.25) is 0 Å². The molecule has 5 nitrogen and oxygen atoms in total. The molecule has 10 aromatic rings. The van der Waals surface area contributed by atoms with E-state index >= 15 is 4.57 Å². The van der Waals surface area contributed by atoms with E-state index in [9.17, 15) is 5.26 Å². The van der Waals surface area contributed by atoms with Gasteiger partial charge in [0, 0.05) is 43.0 Å². The van der Waals surface area contributed by atoms with Gasteiger partial charge in [0.15, 0.2) is 12.8 Å². The van der Waals surface area contributed by atoms with E-state index in [-0.39, 0.29) is 0 Å². The molecular weight excluding hydrogens is 752 g/mol. The topological polar surface area (TPSA) is 71.0 Å². The van der Waals surface area contributed by atoms with Gasteiger partial charge < -0.3 is 4.57 Å². The number of benzene rings is 8. The van der Waals surface area contributed by atoms with Gasteiger partial charge >= 0.3 is 0 Å². The summed E-state index contributed by atoms with van der Waals surface area (Å²) >= 11 is 0. The van der Waals surface area contributed by atoms with E-state index in [0.717, 1.165) is 104 Å². The highest BCUT2D eigenvalue weighted by Crippen LogP contribution is 2.47. The molecular formula is C54H35N4OP. The summed E-state index contributed by atoms with van der Waals surface area (Å²) in [4.78, 5) is 14.4. The molecule has 2 heterocycles. The summed E-state index contributed by atoms with van der Waals surface area (Å²) in [6, 6.07) is 59.9.